The van der Waals surface area contributed by atoms with E-state index in [1.54, 1.807) is 30.5 Å². The maximum atomic E-state index is 9.34. The number of aromatic nitrogens is 1. The normalized spacial score (nSPS) is 11.0. The van der Waals surface area contributed by atoms with Crippen molar-refractivity contribution >= 4 is 33.4 Å². The predicted octanol–water partition coefficient (Wildman–Crippen LogP) is 4.43. The molecule has 0 spiro atoms. The summed E-state index contributed by atoms with van der Waals surface area (Å²) in [6.45, 7) is 0. The molecule has 2 aromatic heterocycles. The molecule has 0 aliphatic heterocycles. The minimum absolute atomic E-state index is 0.237. The van der Waals surface area contributed by atoms with Crippen molar-refractivity contribution in [2.24, 2.45) is 0 Å². The Morgan fingerprint density at radius 2 is 1.71 bits per heavy atom. The van der Waals surface area contributed by atoms with E-state index in [9.17, 15) is 5.11 Å². The predicted molar refractivity (Wildman–Crippen MR) is 82.9 cm³/mol. The Morgan fingerprint density at radius 3 is 2.57 bits per heavy atom. The first kappa shape index (κ1) is 11.8. The van der Waals surface area contributed by atoms with Crippen LogP contribution >= 0.6 is 0 Å². The number of nitrogens with zero attached hydrogens (tertiary/aromatic N) is 1. The maximum absolute atomic E-state index is 9.34. The zero-order valence-electron chi connectivity index (χ0n) is 11.1. The average molecular weight is 276 g/mol. The molecular formula is C17H12N2O2. The van der Waals surface area contributed by atoms with Crippen LogP contribution in [-0.2, 0) is 0 Å². The number of anilines is 2. The third-order valence-electron chi connectivity index (χ3n) is 3.43. The summed E-state index contributed by atoms with van der Waals surface area (Å²) in [5, 5.41) is 14.5. The number of phenols is 1. The second kappa shape index (κ2) is 4.52. The van der Waals surface area contributed by atoms with Crippen molar-refractivity contribution in [3.05, 3.63) is 60.9 Å². The summed E-state index contributed by atoms with van der Waals surface area (Å²) >= 11 is 0. The number of hydrogen-bond acceptors (Lipinski definition) is 4. The van der Waals surface area contributed by atoms with E-state index in [1.165, 1.54) is 0 Å². The van der Waals surface area contributed by atoms with Gasteiger partial charge < -0.3 is 14.8 Å². The Bertz CT molecular complexity index is 926. The summed E-state index contributed by atoms with van der Waals surface area (Å²) in [5.41, 5.74) is 2.56. The van der Waals surface area contributed by atoms with Gasteiger partial charge in [-0.25, -0.2) is 4.98 Å². The van der Waals surface area contributed by atoms with Crippen molar-refractivity contribution in [2.45, 2.75) is 0 Å². The number of phenolic OH excluding ortho intramolecular Hbond substituents is 1. The minimum atomic E-state index is 0.237. The highest BCUT2D eigenvalue weighted by Crippen LogP contribution is 2.31. The van der Waals surface area contributed by atoms with Crippen LogP contribution in [-0.4, -0.2) is 10.1 Å². The van der Waals surface area contributed by atoms with Crippen LogP contribution in [0.1, 0.15) is 0 Å². The van der Waals surface area contributed by atoms with E-state index < -0.39 is 0 Å². The monoisotopic (exact) mass is 276 g/mol. The molecule has 0 saturated heterocycles. The fraction of sp³-hybridized carbons (Fsp3) is 0. The molecular weight excluding hydrogens is 264 g/mol. The van der Waals surface area contributed by atoms with E-state index in [0.29, 0.717) is 0 Å². The first-order chi connectivity index (χ1) is 10.3. The molecule has 0 amide bonds. The molecule has 4 rings (SSSR count). The van der Waals surface area contributed by atoms with Gasteiger partial charge in [0.05, 0.1) is 17.2 Å². The lowest BCUT2D eigenvalue weighted by Gasteiger charge is -2.08. The maximum Gasteiger partial charge on any atom is 0.146 e. The molecule has 0 radical (unpaired) electrons. The lowest BCUT2D eigenvalue weighted by atomic mass is 10.1. The second-order valence-electron chi connectivity index (χ2n) is 4.81. The van der Waals surface area contributed by atoms with Crippen molar-refractivity contribution < 1.29 is 9.52 Å². The van der Waals surface area contributed by atoms with Gasteiger partial charge in [0.1, 0.15) is 17.2 Å². The molecule has 2 aromatic carbocycles. The SMILES string of the molecule is Oc1ccc(Nc2nc3ccccc3c3occc23)cc1. The van der Waals surface area contributed by atoms with Crippen LogP contribution in [0.15, 0.2) is 65.3 Å². The fourth-order valence-corrected chi connectivity index (χ4v) is 2.42. The molecule has 0 unspecified atom stereocenters. The van der Waals surface area contributed by atoms with Gasteiger partial charge in [-0.2, -0.15) is 0 Å². The molecule has 21 heavy (non-hydrogen) atoms. The molecule has 2 N–H and O–H groups in total. The van der Waals surface area contributed by atoms with Gasteiger partial charge in [-0.15, -0.1) is 0 Å². The van der Waals surface area contributed by atoms with Crippen molar-refractivity contribution in [3.8, 4) is 5.75 Å². The van der Waals surface area contributed by atoms with Gasteiger partial charge in [0.15, 0.2) is 0 Å². The number of benzene rings is 2. The van der Waals surface area contributed by atoms with Crippen LogP contribution in [0.3, 0.4) is 0 Å². The molecule has 0 fully saturated rings. The molecule has 102 valence electrons. The Balaban J connectivity index is 1.90. The number of furan rings is 1. The number of para-hydroxylation sites is 1. The number of hydrogen-bond donors (Lipinski definition) is 2. The zero-order chi connectivity index (χ0) is 14.2. The Kier molecular flexibility index (Phi) is 2.54. The molecule has 0 atom stereocenters. The van der Waals surface area contributed by atoms with Crippen LogP contribution < -0.4 is 5.32 Å². The van der Waals surface area contributed by atoms with Gasteiger partial charge in [0.2, 0.25) is 0 Å². The van der Waals surface area contributed by atoms with E-state index in [0.717, 1.165) is 33.4 Å². The molecule has 4 aromatic rings. The van der Waals surface area contributed by atoms with Crippen LogP contribution in [0.2, 0.25) is 0 Å². The minimum Gasteiger partial charge on any atom is -0.508 e. The molecule has 4 nitrogen and oxygen atoms in total. The Morgan fingerprint density at radius 1 is 0.905 bits per heavy atom. The molecule has 2 heterocycles. The zero-order valence-corrected chi connectivity index (χ0v) is 11.1. The number of pyridine rings is 1. The molecule has 0 aliphatic rings. The standard InChI is InChI=1S/C17H12N2O2/c20-12-7-5-11(6-8-12)18-17-14-9-10-21-16(14)13-3-1-2-4-15(13)19-17/h1-10,20H,(H,18,19). The highest BCUT2D eigenvalue weighted by Gasteiger charge is 2.10. The van der Waals surface area contributed by atoms with E-state index in [-0.39, 0.29) is 5.75 Å². The van der Waals surface area contributed by atoms with Gasteiger partial charge in [-0.05, 0) is 42.5 Å². The largest absolute Gasteiger partial charge is 0.508 e. The van der Waals surface area contributed by atoms with Gasteiger partial charge in [0.25, 0.3) is 0 Å². The fourth-order valence-electron chi connectivity index (χ4n) is 2.42. The lowest BCUT2D eigenvalue weighted by molar-refractivity contribution is 0.475. The van der Waals surface area contributed by atoms with E-state index in [1.807, 2.05) is 30.3 Å². The first-order valence-corrected chi connectivity index (χ1v) is 6.63. The summed E-state index contributed by atoms with van der Waals surface area (Å²) in [4.78, 5) is 4.66. The molecule has 0 aliphatic carbocycles. The quantitative estimate of drug-likeness (QED) is 0.532. The van der Waals surface area contributed by atoms with Gasteiger partial charge in [-0.1, -0.05) is 12.1 Å². The summed E-state index contributed by atoms with van der Waals surface area (Å²) < 4.78 is 5.61. The summed E-state index contributed by atoms with van der Waals surface area (Å²) in [6.07, 6.45) is 1.67. The summed E-state index contributed by atoms with van der Waals surface area (Å²) in [6, 6.07) is 16.7. The number of aromatic hydroxyl groups is 1. The van der Waals surface area contributed by atoms with E-state index in [2.05, 4.69) is 10.3 Å². The van der Waals surface area contributed by atoms with Crippen LogP contribution in [0.5, 0.6) is 5.75 Å². The van der Waals surface area contributed by atoms with Gasteiger partial charge >= 0.3 is 0 Å². The molecule has 0 saturated carbocycles. The van der Waals surface area contributed by atoms with E-state index >= 15 is 0 Å². The number of fused-ring (bicyclic) bond motifs is 3. The van der Waals surface area contributed by atoms with E-state index in [4.69, 9.17) is 4.42 Å². The van der Waals surface area contributed by atoms with Crippen molar-refractivity contribution in [2.75, 3.05) is 5.32 Å². The highest BCUT2D eigenvalue weighted by molar-refractivity contribution is 6.07. The second-order valence-corrected chi connectivity index (χ2v) is 4.81. The van der Waals surface area contributed by atoms with Crippen LogP contribution in [0.4, 0.5) is 11.5 Å². The summed E-state index contributed by atoms with van der Waals surface area (Å²) in [7, 11) is 0. The summed E-state index contributed by atoms with van der Waals surface area (Å²) in [5.74, 6) is 0.976. The van der Waals surface area contributed by atoms with Gasteiger partial charge in [-0.3, -0.25) is 0 Å². The third-order valence-corrected chi connectivity index (χ3v) is 3.43. The van der Waals surface area contributed by atoms with Crippen LogP contribution in [0.25, 0.3) is 21.9 Å². The number of rotatable bonds is 2. The smallest absolute Gasteiger partial charge is 0.146 e. The van der Waals surface area contributed by atoms with Gasteiger partial charge in [0, 0.05) is 11.1 Å². The third kappa shape index (κ3) is 1.97. The van der Waals surface area contributed by atoms with Crippen molar-refractivity contribution in [1.29, 1.82) is 0 Å². The van der Waals surface area contributed by atoms with Crippen LogP contribution in [0, 0.1) is 0 Å². The topological polar surface area (TPSA) is 58.3 Å². The molecule has 0 bridgehead atoms. The Hall–Kier alpha value is -3.01. The van der Waals surface area contributed by atoms with Crippen molar-refractivity contribution in [1.82, 2.24) is 4.98 Å². The molecule has 4 heteroatoms. The lowest BCUT2D eigenvalue weighted by Crippen LogP contribution is -1.94. The average Bonchev–Trinajstić information content (AvgIpc) is 3.00. The number of nitrogens with one attached hydrogen (secondary N) is 1. The van der Waals surface area contributed by atoms with Crippen molar-refractivity contribution in [3.63, 3.8) is 0 Å². The first-order valence-electron chi connectivity index (χ1n) is 6.63. The highest BCUT2D eigenvalue weighted by atomic mass is 16.3. The Labute approximate surface area is 120 Å².